The van der Waals surface area contributed by atoms with Crippen molar-refractivity contribution in [1.29, 1.82) is 0 Å². The number of hydrogen-bond acceptors (Lipinski definition) is 2. The van der Waals surface area contributed by atoms with E-state index in [0.29, 0.717) is 12.8 Å². The lowest BCUT2D eigenvalue weighted by atomic mass is 9.70. The smallest absolute Gasteiger partial charge is 0.0704 e. The van der Waals surface area contributed by atoms with E-state index in [2.05, 4.69) is 6.58 Å². The molecule has 0 rings (SSSR count). The molecule has 0 saturated heterocycles. The second-order valence-corrected chi connectivity index (χ2v) is 8.15. The molecule has 0 bridgehead atoms. The van der Waals surface area contributed by atoms with E-state index in [1.165, 1.54) is 0 Å². The summed E-state index contributed by atoms with van der Waals surface area (Å²) in [5.74, 6) is 0. The molecule has 0 amide bonds. The van der Waals surface area contributed by atoms with Crippen LogP contribution in [0.3, 0.4) is 0 Å². The highest BCUT2D eigenvalue weighted by atomic mass is 16.3. The monoisotopic (exact) mass is 256 g/mol. The summed E-state index contributed by atoms with van der Waals surface area (Å²) in [4.78, 5) is 0. The highest BCUT2D eigenvalue weighted by molar-refractivity contribution is 5.08. The molecule has 0 aromatic heterocycles. The van der Waals surface area contributed by atoms with E-state index in [1.807, 2.05) is 55.4 Å². The molecule has 0 radical (unpaired) electrons. The lowest BCUT2D eigenvalue weighted by Crippen LogP contribution is -2.43. The molecular formula is C16H32O2. The molecule has 2 atom stereocenters. The molecule has 0 fully saturated rings. The molecule has 0 aliphatic heterocycles. The van der Waals surface area contributed by atoms with Gasteiger partial charge in [0.2, 0.25) is 0 Å². The topological polar surface area (TPSA) is 40.5 Å². The Morgan fingerprint density at radius 2 is 0.944 bits per heavy atom. The Hall–Kier alpha value is -0.340. The summed E-state index contributed by atoms with van der Waals surface area (Å²) in [6, 6.07) is 0. The van der Waals surface area contributed by atoms with Gasteiger partial charge >= 0.3 is 0 Å². The molecule has 0 saturated carbocycles. The number of aliphatic hydroxyl groups is 2. The summed E-state index contributed by atoms with van der Waals surface area (Å²) >= 11 is 0. The quantitative estimate of drug-likeness (QED) is 0.749. The van der Waals surface area contributed by atoms with Gasteiger partial charge in [-0.05, 0) is 37.5 Å². The van der Waals surface area contributed by atoms with Gasteiger partial charge in [0.15, 0.2) is 0 Å². The fourth-order valence-electron chi connectivity index (χ4n) is 1.57. The maximum absolute atomic E-state index is 10.5. The van der Waals surface area contributed by atoms with Crippen LogP contribution in [0.5, 0.6) is 0 Å². The number of rotatable bonds is 4. The van der Waals surface area contributed by atoms with Crippen molar-refractivity contribution in [3.63, 3.8) is 0 Å². The van der Waals surface area contributed by atoms with Gasteiger partial charge < -0.3 is 10.2 Å². The van der Waals surface area contributed by atoms with Crippen LogP contribution in [0, 0.1) is 10.8 Å². The second-order valence-electron chi connectivity index (χ2n) is 8.15. The van der Waals surface area contributed by atoms with Crippen LogP contribution >= 0.6 is 0 Å². The predicted octanol–water partition coefficient (Wildman–Crippen LogP) is 3.92. The maximum Gasteiger partial charge on any atom is 0.0704 e. The largest absolute Gasteiger partial charge is 0.389 e. The Kier molecular flexibility index (Phi) is 4.88. The van der Waals surface area contributed by atoms with Crippen molar-refractivity contribution in [3.05, 3.63) is 12.2 Å². The molecule has 0 aromatic carbocycles. The lowest BCUT2D eigenvalue weighted by Gasteiger charge is -2.41. The number of hydrogen-bond donors (Lipinski definition) is 2. The standard InChI is InChI=1S/C16H32O2/c1-12(10-15(8,17)13(2,3)4)11-16(9,18)14(5,6)7/h17-18H,1,10-11H2,2-9H3. The van der Waals surface area contributed by atoms with Gasteiger partial charge in [-0.15, -0.1) is 0 Å². The van der Waals surface area contributed by atoms with Crippen molar-refractivity contribution in [2.24, 2.45) is 10.8 Å². The van der Waals surface area contributed by atoms with Gasteiger partial charge in [-0.25, -0.2) is 0 Å². The average molecular weight is 256 g/mol. The Morgan fingerprint density at radius 3 is 1.11 bits per heavy atom. The molecular weight excluding hydrogens is 224 g/mol. The third-order valence-electron chi connectivity index (χ3n) is 4.42. The third kappa shape index (κ3) is 4.40. The molecule has 2 heteroatoms. The lowest BCUT2D eigenvalue weighted by molar-refractivity contribution is -0.0563. The van der Waals surface area contributed by atoms with Crippen LogP contribution in [0.1, 0.15) is 68.2 Å². The van der Waals surface area contributed by atoms with Crippen molar-refractivity contribution in [2.75, 3.05) is 0 Å². The minimum absolute atomic E-state index is 0.205. The molecule has 2 nitrogen and oxygen atoms in total. The van der Waals surface area contributed by atoms with E-state index in [9.17, 15) is 10.2 Å². The molecule has 2 N–H and O–H groups in total. The minimum atomic E-state index is -0.807. The normalized spacial score (nSPS) is 20.1. The van der Waals surface area contributed by atoms with E-state index < -0.39 is 11.2 Å². The highest BCUT2D eigenvalue weighted by Gasteiger charge is 2.39. The van der Waals surface area contributed by atoms with Crippen LogP contribution < -0.4 is 0 Å². The van der Waals surface area contributed by atoms with Crippen molar-refractivity contribution in [1.82, 2.24) is 0 Å². The Morgan fingerprint density at radius 1 is 0.722 bits per heavy atom. The molecule has 0 aromatic rings. The second kappa shape index (κ2) is 4.97. The maximum atomic E-state index is 10.5. The molecule has 0 aliphatic rings. The summed E-state index contributed by atoms with van der Waals surface area (Å²) in [5.41, 5.74) is -1.13. The van der Waals surface area contributed by atoms with E-state index in [-0.39, 0.29) is 10.8 Å². The third-order valence-corrected chi connectivity index (χ3v) is 4.42. The first-order valence-corrected chi connectivity index (χ1v) is 6.71. The molecule has 2 unspecified atom stereocenters. The fraction of sp³-hybridized carbons (Fsp3) is 0.875. The zero-order valence-corrected chi connectivity index (χ0v) is 13.5. The van der Waals surface area contributed by atoms with E-state index in [4.69, 9.17) is 0 Å². The van der Waals surface area contributed by atoms with Crippen molar-refractivity contribution < 1.29 is 10.2 Å². The van der Waals surface area contributed by atoms with E-state index in [1.54, 1.807) is 0 Å². The SMILES string of the molecule is C=C(CC(C)(O)C(C)(C)C)CC(C)(O)C(C)(C)C. The van der Waals surface area contributed by atoms with Gasteiger partial charge in [0.25, 0.3) is 0 Å². The first-order valence-electron chi connectivity index (χ1n) is 6.71. The summed E-state index contributed by atoms with van der Waals surface area (Å²) < 4.78 is 0. The van der Waals surface area contributed by atoms with Crippen molar-refractivity contribution >= 4 is 0 Å². The van der Waals surface area contributed by atoms with Crippen LogP contribution in [0.25, 0.3) is 0 Å². The minimum Gasteiger partial charge on any atom is -0.389 e. The van der Waals surface area contributed by atoms with Gasteiger partial charge in [0, 0.05) is 0 Å². The van der Waals surface area contributed by atoms with Gasteiger partial charge in [-0.2, -0.15) is 0 Å². The summed E-state index contributed by atoms with van der Waals surface area (Å²) in [7, 11) is 0. The summed E-state index contributed by atoms with van der Waals surface area (Å²) in [6.07, 6.45) is 1.03. The van der Waals surface area contributed by atoms with Crippen LogP contribution in [0.2, 0.25) is 0 Å². The van der Waals surface area contributed by atoms with Gasteiger partial charge in [0.1, 0.15) is 0 Å². The highest BCUT2D eigenvalue weighted by Crippen LogP contribution is 2.39. The van der Waals surface area contributed by atoms with Gasteiger partial charge in [-0.3, -0.25) is 0 Å². The van der Waals surface area contributed by atoms with Gasteiger partial charge in [-0.1, -0.05) is 53.7 Å². The zero-order valence-electron chi connectivity index (χ0n) is 13.5. The molecule has 18 heavy (non-hydrogen) atoms. The average Bonchev–Trinajstić information content (AvgIpc) is 1.95. The van der Waals surface area contributed by atoms with Gasteiger partial charge in [0.05, 0.1) is 11.2 Å². The summed E-state index contributed by atoms with van der Waals surface area (Å²) in [5, 5.41) is 21.0. The molecule has 108 valence electrons. The van der Waals surface area contributed by atoms with Crippen molar-refractivity contribution in [3.8, 4) is 0 Å². The summed E-state index contributed by atoms with van der Waals surface area (Å²) in [6.45, 7) is 19.8. The van der Waals surface area contributed by atoms with E-state index >= 15 is 0 Å². The molecule has 0 heterocycles. The Balaban J connectivity index is 4.75. The Labute approximate surface area is 113 Å². The van der Waals surface area contributed by atoms with Crippen LogP contribution in [-0.4, -0.2) is 21.4 Å². The van der Waals surface area contributed by atoms with Crippen molar-refractivity contribution in [2.45, 2.75) is 79.4 Å². The predicted molar refractivity (Wildman–Crippen MR) is 78.5 cm³/mol. The Bertz CT molecular complexity index is 268. The van der Waals surface area contributed by atoms with E-state index in [0.717, 1.165) is 5.57 Å². The first kappa shape index (κ1) is 17.7. The first-order chi connectivity index (χ1) is 7.60. The fourth-order valence-corrected chi connectivity index (χ4v) is 1.57. The van der Waals surface area contributed by atoms with Crippen LogP contribution in [0.4, 0.5) is 0 Å². The molecule has 0 spiro atoms. The zero-order chi connectivity index (χ0) is 15.0. The van der Waals surface area contributed by atoms with Crippen LogP contribution in [-0.2, 0) is 0 Å². The molecule has 0 aliphatic carbocycles. The van der Waals surface area contributed by atoms with Crippen LogP contribution in [0.15, 0.2) is 12.2 Å².